The summed E-state index contributed by atoms with van der Waals surface area (Å²) in [5.74, 6) is 0.0354. The van der Waals surface area contributed by atoms with Crippen molar-refractivity contribution in [3.8, 4) is 16.9 Å². The summed E-state index contributed by atoms with van der Waals surface area (Å²) >= 11 is 0. The molecule has 1 saturated carbocycles. The summed E-state index contributed by atoms with van der Waals surface area (Å²) in [5.41, 5.74) is 2.21. The highest BCUT2D eigenvalue weighted by Gasteiger charge is 2.48. The number of carbonyl (C=O) groups excluding carboxylic acids is 2. The van der Waals surface area contributed by atoms with Crippen LogP contribution in [0.2, 0.25) is 0 Å². The van der Waals surface area contributed by atoms with E-state index in [0.29, 0.717) is 5.75 Å². The third kappa shape index (κ3) is 3.80. The molecular weight excluding hydrogens is 354 g/mol. The van der Waals surface area contributed by atoms with Crippen LogP contribution in [0.25, 0.3) is 11.1 Å². The molecule has 0 radical (unpaired) electrons. The SMILES string of the molecule is O=C1C2CCCCC2C(=O)N1CC(O)COc1ccc(-c2ccccc2)cc1. The zero-order chi connectivity index (χ0) is 19.5. The summed E-state index contributed by atoms with van der Waals surface area (Å²) in [6.45, 7) is 0.0455. The lowest BCUT2D eigenvalue weighted by Crippen LogP contribution is -2.40. The Labute approximate surface area is 164 Å². The second-order valence-electron chi connectivity index (χ2n) is 7.64. The molecule has 1 heterocycles. The normalized spacial score (nSPS) is 22.8. The van der Waals surface area contributed by atoms with Crippen molar-refractivity contribution in [2.45, 2.75) is 31.8 Å². The van der Waals surface area contributed by atoms with E-state index in [0.717, 1.165) is 36.8 Å². The smallest absolute Gasteiger partial charge is 0.233 e. The molecule has 1 N–H and O–H groups in total. The van der Waals surface area contributed by atoms with E-state index in [1.165, 1.54) is 4.90 Å². The molecule has 2 amide bonds. The number of nitrogens with zero attached hydrogens (tertiary/aromatic N) is 1. The number of likely N-dealkylation sites (tertiary alicyclic amines) is 1. The van der Waals surface area contributed by atoms with E-state index >= 15 is 0 Å². The average molecular weight is 379 g/mol. The third-order valence-corrected chi connectivity index (χ3v) is 5.73. The van der Waals surface area contributed by atoms with Crippen LogP contribution < -0.4 is 4.74 Å². The highest BCUT2D eigenvalue weighted by Crippen LogP contribution is 2.38. The topological polar surface area (TPSA) is 66.8 Å². The molecule has 3 unspecified atom stereocenters. The maximum Gasteiger partial charge on any atom is 0.233 e. The van der Waals surface area contributed by atoms with Gasteiger partial charge in [0.15, 0.2) is 0 Å². The molecule has 1 aliphatic carbocycles. The van der Waals surface area contributed by atoms with E-state index in [1.54, 1.807) is 0 Å². The predicted molar refractivity (Wildman–Crippen MR) is 106 cm³/mol. The first kappa shape index (κ1) is 18.7. The minimum Gasteiger partial charge on any atom is -0.491 e. The van der Waals surface area contributed by atoms with Crippen LogP contribution in [0.1, 0.15) is 25.7 Å². The lowest BCUT2D eigenvalue weighted by Gasteiger charge is -2.19. The molecule has 2 fully saturated rings. The van der Waals surface area contributed by atoms with Crippen molar-refractivity contribution in [1.82, 2.24) is 4.90 Å². The Morgan fingerprint density at radius 3 is 2.07 bits per heavy atom. The van der Waals surface area contributed by atoms with Crippen LogP contribution in [0.4, 0.5) is 0 Å². The Morgan fingerprint density at radius 2 is 1.46 bits per heavy atom. The van der Waals surface area contributed by atoms with Gasteiger partial charge >= 0.3 is 0 Å². The van der Waals surface area contributed by atoms with Crippen molar-refractivity contribution < 1.29 is 19.4 Å². The second-order valence-corrected chi connectivity index (χ2v) is 7.64. The number of ether oxygens (including phenoxy) is 1. The van der Waals surface area contributed by atoms with Gasteiger partial charge in [0, 0.05) is 0 Å². The average Bonchev–Trinajstić information content (AvgIpc) is 2.98. The van der Waals surface area contributed by atoms with E-state index < -0.39 is 6.10 Å². The molecule has 1 saturated heterocycles. The molecule has 4 rings (SSSR count). The molecule has 5 nitrogen and oxygen atoms in total. The number of hydrogen-bond donors (Lipinski definition) is 1. The lowest BCUT2D eigenvalue weighted by atomic mass is 9.81. The lowest BCUT2D eigenvalue weighted by molar-refractivity contribution is -0.141. The van der Waals surface area contributed by atoms with Crippen molar-refractivity contribution in [2.75, 3.05) is 13.2 Å². The first-order chi connectivity index (χ1) is 13.6. The Balaban J connectivity index is 1.31. The van der Waals surface area contributed by atoms with E-state index in [4.69, 9.17) is 4.74 Å². The van der Waals surface area contributed by atoms with Crippen molar-refractivity contribution in [2.24, 2.45) is 11.8 Å². The molecule has 0 aromatic heterocycles. The van der Waals surface area contributed by atoms with Crippen LogP contribution in [0.3, 0.4) is 0 Å². The van der Waals surface area contributed by atoms with Gasteiger partial charge in [-0.15, -0.1) is 0 Å². The number of amides is 2. The molecule has 2 aromatic carbocycles. The summed E-state index contributed by atoms with van der Waals surface area (Å²) in [5, 5.41) is 10.3. The Hall–Kier alpha value is -2.66. The molecule has 2 aromatic rings. The molecule has 5 heteroatoms. The van der Waals surface area contributed by atoms with Gasteiger partial charge < -0.3 is 9.84 Å². The van der Waals surface area contributed by atoms with Gasteiger partial charge in [-0.05, 0) is 36.1 Å². The molecule has 3 atom stereocenters. The highest BCUT2D eigenvalue weighted by molar-refractivity contribution is 6.05. The summed E-state index contributed by atoms with van der Waals surface area (Å²) in [6.07, 6.45) is 2.66. The van der Waals surface area contributed by atoms with Crippen molar-refractivity contribution in [3.05, 3.63) is 54.6 Å². The van der Waals surface area contributed by atoms with E-state index in [9.17, 15) is 14.7 Å². The van der Waals surface area contributed by atoms with E-state index in [-0.39, 0.29) is 36.8 Å². The largest absolute Gasteiger partial charge is 0.491 e. The number of β-amino-alcohol motifs (C(OH)–C–C–N with tert-alkyl or cyclic N) is 1. The van der Waals surface area contributed by atoms with Gasteiger partial charge in [-0.3, -0.25) is 14.5 Å². The molecule has 0 spiro atoms. The molecule has 0 bridgehead atoms. The van der Waals surface area contributed by atoms with Gasteiger partial charge in [0.2, 0.25) is 11.8 Å². The number of aliphatic hydroxyl groups is 1. The van der Waals surface area contributed by atoms with Crippen molar-refractivity contribution in [1.29, 1.82) is 0 Å². The molecular formula is C23H25NO4. The number of carbonyl (C=O) groups is 2. The van der Waals surface area contributed by atoms with Crippen LogP contribution in [-0.2, 0) is 9.59 Å². The van der Waals surface area contributed by atoms with Crippen molar-refractivity contribution in [3.63, 3.8) is 0 Å². The second kappa shape index (κ2) is 8.15. The number of aliphatic hydroxyl groups excluding tert-OH is 1. The minimum atomic E-state index is -0.901. The number of fused-ring (bicyclic) bond motifs is 1. The van der Waals surface area contributed by atoms with Gasteiger partial charge in [0.1, 0.15) is 18.5 Å². The van der Waals surface area contributed by atoms with Gasteiger partial charge in [-0.1, -0.05) is 55.3 Å². The Morgan fingerprint density at radius 1 is 0.893 bits per heavy atom. The summed E-state index contributed by atoms with van der Waals surface area (Å²) in [7, 11) is 0. The van der Waals surface area contributed by atoms with Crippen molar-refractivity contribution >= 4 is 11.8 Å². The fraction of sp³-hybridized carbons (Fsp3) is 0.391. The first-order valence-electron chi connectivity index (χ1n) is 9.95. The fourth-order valence-corrected chi connectivity index (χ4v) is 4.24. The zero-order valence-electron chi connectivity index (χ0n) is 15.8. The van der Waals surface area contributed by atoms with Crippen LogP contribution in [0.5, 0.6) is 5.75 Å². The van der Waals surface area contributed by atoms with Crippen LogP contribution in [-0.4, -0.2) is 41.1 Å². The van der Waals surface area contributed by atoms with Gasteiger partial charge in [-0.2, -0.15) is 0 Å². The highest BCUT2D eigenvalue weighted by atomic mass is 16.5. The van der Waals surface area contributed by atoms with Gasteiger partial charge in [-0.25, -0.2) is 0 Å². The summed E-state index contributed by atoms with van der Waals surface area (Å²) < 4.78 is 5.66. The Kier molecular flexibility index (Phi) is 5.44. The Bertz CT molecular complexity index is 809. The molecule has 146 valence electrons. The zero-order valence-corrected chi connectivity index (χ0v) is 15.8. The molecule has 2 aliphatic rings. The first-order valence-corrected chi connectivity index (χ1v) is 9.95. The maximum atomic E-state index is 12.5. The van der Waals surface area contributed by atoms with E-state index in [2.05, 4.69) is 0 Å². The fourth-order valence-electron chi connectivity index (χ4n) is 4.24. The third-order valence-electron chi connectivity index (χ3n) is 5.73. The summed E-state index contributed by atoms with van der Waals surface area (Å²) in [6, 6.07) is 17.7. The number of imide groups is 1. The van der Waals surface area contributed by atoms with Crippen LogP contribution in [0, 0.1) is 11.8 Å². The quantitative estimate of drug-likeness (QED) is 0.783. The number of rotatable bonds is 6. The number of hydrogen-bond acceptors (Lipinski definition) is 4. The van der Waals surface area contributed by atoms with Gasteiger partial charge in [0.25, 0.3) is 0 Å². The maximum absolute atomic E-state index is 12.5. The van der Waals surface area contributed by atoms with Crippen LogP contribution >= 0.6 is 0 Å². The molecule has 1 aliphatic heterocycles. The van der Waals surface area contributed by atoms with E-state index in [1.807, 2.05) is 54.6 Å². The van der Waals surface area contributed by atoms with Crippen LogP contribution in [0.15, 0.2) is 54.6 Å². The summed E-state index contributed by atoms with van der Waals surface area (Å²) in [4.78, 5) is 26.2. The molecule has 28 heavy (non-hydrogen) atoms. The standard InChI is InChI=1S/C23H25NO4/c25-18(14-24-22(26)20-8-4-5-9-21(20)23(24)27)15-28-19-12-10-17(11-13-19)16-6-2-1-3-7-16/h1-3,6-7,10-13,18,20-21,25H,4-5,8-9,14-15H2. The van der Waals surface area contributed by atoms with Gasteiger partial charge in [0.05, 0.1) is 18.4 Å². The predicted octanol–water partition coefficient (Wildman–Crippen LogP) is 3.27. The monoisotopic (exact) mass is 379 g/mol. The number of benzene rings is 2. The minimum absolute atomic E-state index is 0.00671.